The molecule has 0 bridgehead atoms. The Balaban J connectivity index is 3.11. The highest BCUT2D eigenvalue weighted by molar-refractivity contribution is 5.73. The van der Waals surface area contributed by atoms with Crippen molar-refractivity contribution in [3.8, 4) is 0 Å². The van der Waals surface area contributed by atoms with Gasteiger partial charge in [-0.3, -0.25) is 4.79 Å². The summed E-state index contributed by atoms with van der Waals surface area (Å²) in [6.07, 6.45) is -3.80. The molecular weight excluding hydrogens is 242 g/mol. The lowest BCUT2D eigenvalue weighted by Gasteiger charge is -2.54. The van der Waals surface area contributed by atoms with E-state index in [-0.39, 0.29) is 0 Å². The van der Waals surface area contributed by atoms with Crippen LogP contribution in [0.1, 0.15) is 27.7 Å². The molecule has 5 N–H and O–H groups in total. The molecule has 0 saturated carbocycles. The van der Waals surface area contributed by atoms with Gasteiger partial charge in [0.1, 0.15) is 23.3 Å². The molecular formula is C11H21NO6. The fourth-order valence-corrected chi connectivity index (χ4v) is 2.26. The minimum atomic E-state index is -1.86. The molecule has 1 aliphatic heterocycles. The van der Waals surface area contributed by atoms with Crippen LogP contribution in [0.2, 0.25) is 0 Å². The van der Waals surface area contributed by atoms with Crippen molar-refractivity contribution < 1.29 is 30.0 Å². The fourth-order valence-electron chi connectivity index (χ4n) is 2.26. The van der Waals surface area contributed by atoms with E-state index >= 15 is 0 Å². The van der Waals surface area contributed by atoms with Gasteiger partial charge in [-0.1, -0.05) is 0 Å². The van der Waals surface area contributed by atoms with Gasteiger partial charge in [0.2, 0.25) is 5.91 Å². The topological polar surface area (TPSA) is 119 Å². The van der Waals surface area contributed by atoms with Crippen LogP contribution in [0.4, 0.5) is 0 Å². The second-order valence-corrected chi connectivity index (χ2v) is 5.16. The van der Waals surface area contributed by atoms with E-state index in [1.807, 2.05) is 0 Å². The van der Waals surface area contributed by atoms with Gasteiger partial charge in [0, 0.05) is 6.92 Å². The lowest BCUT2D eigenvalue weighted by Crippen LogP contribution is -2.76. The van der Waals surface area contributed by atoms with Crippen molar-refractivity contribution in [2.24, 2.45) is 0 Å². The maximum absolute atomic E-state index is 11.1. The molecule has 7 heteroatoms. The van der Waals surface area contributed by atoms with Gasteiger partial charge in [0.15, 0.2) is 6.29 Å². The zero-order chi connectivity index (χ0) is 14.3. The summed E-state index contributed by atoms with van der Waals surface area (Å²) in [7, 11) is 0. The number of aliphatic hydroxyl groups excluding tert-OH is 2. The average molecular weight is 263 g/mol. The van der Waals surface area contributed by atoms with Gasteiger partial charge in [0.25, 0.3) is 0 Å². The largest absolute Gasteiger partial charge is 0.391 e. The Morgan fingerprint density at radius 2 is 1.83 bits per heavy atom. The number of aliphatic hydroxyl groups is 4. The van der Waals surface area contributed by atoms with Crippen LogP contribution in [0.25, 0.3) is 0 Å². The molecule has 0 aliphatic carbocycles. The number of rotatable bonds is 2. The first-order valence-corrected chi connectivity index (χ1v) is 5.75. The molecule has 1 saturated heterocycles. The molecule has 1 fully saturated rings. The van der Waals surface area contributed by atoms with E-state index in [9.17, 15) is 25.2 Å². The minimum absolute atomic E-state index is 0.478. The van der Waals surface area contributed by atoms with E-state index in [0.717, 1.165) is 0 Å². The number of hydrogen-bond donors (Lipinski definition) is 5. The molecule has 0 radical (unpaired) electrons. The molecule has 0 aromatic rings. The number of ether oxygens (including phenoxy) is 1. The lowest BCUT2D eigenvalue weighted by molar-refractivity contribution is -0.327. The Labute approximate surface area is 105 Å². The third kappa shape index (κ3) is 2.36. The molecule has 0 spiro atoms. The summed E-state index contributed by atoms with van der Waals surface area (Å²) in [6, 6.07) is -1.19. The molecule has 1 rings (SSSR count). The van der Waals surface area contributed by atoms with Gasteiger partial charge in [0.05, 0.1) is 6.10 Å². The fraction of sp³-hybridized carbons (Fsp3) is 0.909. The highest BCUT2D eigenvalue weighted by atomic mass is 16.6. The molecule has 1 amide bonds. The molecule has 18 heavy (non-hydrogen) atoms. The van der Waals surface area contributed by atoms with Crippen LogP contribution in [-0.4, -0.2) is 62.1 Å². The molecule has 6 atom stereocenters. The van der Waals surface area contributed by atoms with Crippen molar-refractivity contribution in [3.63, 3.8) is 0 Å². The first-order valence-electron chi connectivity index (χ1n) is 5.75. The lowest BCUT2D eigenvalue weighted by atomic mass is 9.72. The van der Waals surface area contributed by atoms with Crippen LogP contribution in [0.3, 0.4) is 0 Å². The molecule has 1 heterocycles. The normalized spacial score (nSPS) is 46.6. The second kappa shape index (κ2) is 4.75. The van der Waals surface area contributed by atoms with Crippen molar-refractivity contribution in [3.05, 3.63) is 0 Å². The summed E-state index contributed by atoms with van der Waals surface area (Å²) in [5.41, 5.74) is -3.70. The molecule has 0 aromatic heterocycles. The molecule has 1 aliphatic rings. The van der Waals surface area contributed by atoms with E-state index in [1.54, 1.807) is 0 Å². The van der Waals surface area contributed by atoms with E-state index < -0.39 is 41.6 Å². The summed E-state index contributed by atoms with van der Waals surface area (Å²) in [5.74, 6) is -0.478. The van der Waals surface area contributed by atoms with Crippen molar-refractivity contribution >= 4 is 5.91 Å². The van der Waals surface area contributed by atoms with Gasteiger partial charge in [-0.15, -0.1) is 0 Å². The standard InChI is InChI=1S/C11H21NO6/c1-5(13)8-11(4,17)10(3,16)7(9(15)18-8)12-6(2)14/h5,7-9,13,15-17H,1-4H3,(H,12,14)/t5?,7-,8+,9?,10+,11+/m0/s1. The van der Waals surface area contributed by atoms with Crippen molar-refractivity contribution in [2.45, 2.75) is 63.4 Å². The van der Waals surface area contributed by atoms with Crippen LogP contribution in [0, 0.1) is 0 Å². The maximum atomic E-state index is 11.1. The Morgan fingerprint density at radius 1 is 1.33 bits per heavy atom. The minimum Gasteiger partial charge on any atom is -0.391 e. The molecule has 0 aromatic carbocycles. The van der Waals surface area contributed by atoms with Crippen LogP contribution < -0.4 is 5.32 Å². The summed E-state index contributed by atoms with van der Waals surface area (Å²) < 4.78 is 5.09. The second-order valence-electron chi connectivity index (χ2n) is 5.16. The quantitative estimate of drug-likeness (QED) is 0.397. The van der Waals surface area contributed by atoms with E-state index in [1.165, 1.54) is 27.7 Å². The highest BCUT2D eigenvalue weighted by Gasteiger charge is 2.61. The maximum Gasteiger partial charge on any atom is 0.217 e. The Morgan fingerprint density at radius 3 is 2.22 bits per heavy atom. The van der Waals surface area contributed by atoms with Crippen LogP contribution >= 0.6 is 0 Å². The zero-order valence-electron chi connectivity index (χ0n) is 10.9. The summed E-state index contributed by atoms with van der Waals surface area (Å²) in [4.78, 5) is 11.1. The smallest absolute Gasteiger partial charge is 0.217 e. The van der Waals surface area contributed by atoms with Crippen molar-refractivity contribution in [1.29, 1.82) is 0 Å². The summed E-state index contributed by atoms with van der Waals surface area (Å²) in [6.45, 7) is 5.15. The van der Waals surface area contributed by atoms with Crippen molar-refractivity contribution in [2.75, 3.05) is 0 Å². The summed E-state index contributed by atoms with van der Waals surface area (Å²) in [5, 5.41) is 42.4. The van der Waals surface area contributed by atoms with E-state index in [4.69, 9.17) is 4.74 Å². The molecule has 7 nitrogen and oxygen atoms in total. The number of nitrogens with one attached hydrogen (secondary N) is 1. The van der Waals surface area contributed by atoms with Crippen LogP contribution in [0.5, 0.6) is 0 Å². The summed E-state index contributed by atoms with van der Waals surface area (Å²) >= 11 is 0. The predicted octanol–water partition coefficient (Wildman–Crippen LogP) is -1.91. The first-order chi connectivity index (χ1) is 8.01. The SMILES string of the molecule is CC(=O)N[C@H]1C(O)O[C@H](C(C)O)[C@@](C)(O)[C@]1(C)O. The Hall–Kier alpha value is -0.730. The molecule has 2 unspecified atom stereocenters. The average Bonchev–Trinajstić information content (AvgIpc) is 2.18. The Kier molecular flexibility index (Phi) is 4.04. The first kappa shape index (κ1) is 15.3. The van der Waals surface area contributed by atoms with Gasteiger partial charge in [-0.05, 0) is 20.8 Å². The molecule has 106 valence electrons. The van der Waals surface area contributed by atoms with Crippen LogP contribution in [0.15, 0.2) is 0 Å². The number of amides is 1. The van der Waals surface area contributed by atoms with E-state index in [0.29, 0.717) is 0 Å². The third-order valence-electron chi connectivity index (χ3n) is 3.55. The van der Waals surface area contributed by atoms with E-state index in [2.05, 4.69) is 5.32 Å². The highest BCUT2D eigenvalue weighted by Crippen LogP contribution is 2.38. The van der Waals surface area contributed by atoms with Gasteiger partial charge < -0.3 is 30.5 Å². The van der Waals surface area contributed by atoms with Gasteiger partial charge in [-0.2, -0.15) is 0 Å². The van der Waals surface area contributed by atoms with Gasteiger partial charge >= 0.3 is 0 Å². The Bertz CT molecular complexity index is 327. The number of carbonyl (C=O) groups is 1. The predicted molar refractivity (Wildman–Crippen MR) is 61.4 cm³/mol. The number of hydrogen-bond acceptors (Lipinski definition) is 6. The third-order valence-corrected chi connectivity index (χ3v) is 3.55. The zero-order valence-corrected chi connectivity index (χ0v) is 10.9. The monoisotopic (exact) mass is 263 g/mol. The number of carbonyl (C=O) groups excluding carboxylic acids is 1. The van der Waals surface area contributed by atoms with Crippen LogP contribution in [-0.2, 0) is 9.53 Å². The van der Waals surface area contributed by atoms with Gasteiger partial charge in [-0.25, -0.2) is 0 Å². The van der Waals surface area contributed by atoms with Crippen molar-refractivity contribution in [1.82, 2.24) is 5.32 Å².